The number of piperazine rings is 1. The van der Waals surface area contributed by atoms with E-state index in [0.29, 0.717) is 31.0 Å². The van der Waals surface area contributed by atoms with E-state index >= 15 is 0 Å². The highest BCUT2D eigenvalue weighted by Gasteiger charge is 2.34. The number of rotatable bonds is 3. The van der Waals surface area contributed by atoms with E-state index in [9.17, 15) is 9.18 Å². The Labute approximate surface area is 157 Å². The molecule has 0 bridgehead atoms. The molecule has 1 aromatic carbocycles. The number of carbonyl (C=O) groups excluding carboxylic acids is 1. The van der Waals surface area contributed by atoms with Gasteiger partial charge in [-0.3, -0.25) is 4.79 Å². The number of hydrogen-bond acceptors (Lipinski definition) is 6. The van der Waals surface area contributed by atoms with Crippen LogP contribution in [0.25, 0.3) is 0 Å². The van der Waals surface area contributed by atoms with Gasteiger partial charge >= 0.3 is 0 Å². The predicted molar refractivity (Wildman–Crippen MR) is 99.4 cm³/mol. The number of benzene rings is 1. The van der Waals surface area contributed by atoms with Gasteiger partial charge in [0.2, 0.25) is 11.9 Å². The second-order valence-corrected chi connectivity index (χ2v) is 7.00. The average molecular weight is 370 g/mol. The maximum atomic E-state index is 13.5. The van der Waals surface area contributed by atoms with Gasteiger partial charge in [0.15, 0.2) is 0 Å². The molecule has 2 unspecified atom stereocenters. The van der Waals surface area contributed by atoms with E-state index in [4.69, 9.17) is 0 Å². The van der Waals surface area contributed by atoms with Crippen LogP contribution in [0.4, 0.5) is 10.3 Å². The molecule has 2 aromatic rings. The van der Waals surface area contributed by atoms with E-state index in [-0.39, 0.29) is 23.8 Å². The molecule has 1 amide bonds. The fourth-order valence-corrected chi connectivity index (χ4v) is 3.62. The molecule has 2 saturated heterocycles. The summed E-state index contributed by atoms with van der Waals surface area (Å²) in [6, 6.07) is 6.60. The molecule has 8 heteroatoms. The maximum absolute atomic E-state index is 13.5. The summed E-state index contributed by atoms with van der Waals surface area (Å²) in [5, 5.41) is 0. The van der Waals surface area contributed by atoms with Gasteiger partial charge in [0, 0.05) is 44.6 Å². The minimum atomic E-state index is -0.278. The lowest BCUT2D eigenvalue weighted by atomic mass is 9.99. The number of nitrogens with zero attached hydrogens (tertiary/aromatic N) is 4. The molecule has 0 spiro atoms. The van der Waals surface area contributed by atoms with Gasteiger partial charge in [-0.15, -0.1) is 0 Å². The quantitative estimate of drug-likeness (QED) is 0.845. The minimum Gasteiger partial charge on any atom is -0.338 e. The van der Waals surface area contributed by atoms with Gasteiger partial charge in [-0.25, -0.2) is 25.2 Å². The number of carbonyl (C=O) groups is 1. The summed E-state index contributed by atoms with van der Waals surface area (Å²) in [5.74, 6) is 0.590. The van der Waals surface area contributed by atoms with E-state index in [1.165, 1.54) is 6.07 Å². The SMILES string of the molecule is Cc1cc(C2CC(C(=O)N3CCN(c4ncccn4)CC3)NN2)ccc1F. The zero-order valence-electron chi connectivity index (χ0n) is 15.2. The van der Waals surface area contributed by atoms with Crippen LogP contribution in [0, 0.1) is 12.7 Å². The van der Waals surface area contributed by atoms with Crippen molar-refractivity contribution in [3.05, 3.63) is 53.6 Å². The van der Waals surface area contributed by atoms with Gasteiger partial charge in [0.25, 0.3) is 0 Å². The van der Waals surface area contributed by atoms with Crippen molar-refractivity contribution in [3.8, 4) is 0 Å². The zero-order valence-corrected chi connectivity index (χ0v) is 15.2. The third kappa shape index (κ3) is 3.77. The molecule has 2 aliphatic heterocycles. The molecule has 1 aromatic heterocycles. The second kappa shape index (κ2) is 7.58. The highest BCUT2D eigenvalue weighted by atomic mass is 19.1. The Balaban J connectivity index is 1.33. The average Bonchev–Trinajstić information content (AvgIpc) is 3.20. The summed E-state index contributed by atoms with van der Waals surface area (Å²) in [7, 11) is 0. The zero-order chi connectivity index (χ0) is 18.8. The highest BCUT2D eigenvalue weighted by Crippen LogP contribution is 2.25. The molecule has 2 fully saturated rings. The molecule has 2 N–H and O–H groups in total. The molecule has 0 aliphatic carbocycles. The minimum absolute atomic E-state index is 0.00254. The molecular weight excluding hydrogens is 347 g/mol. The maximum Gasteiger partial charge on any atom is 0.241 e. The van der Waals surface area contributed by atoms with E-state index in [1.807, 2.05) is 11.0 Å². The number of nitrogens with one attached hydrogen (secondary N) is 2. The van der Waals surface area contributed by atoms with Crippen molar-refractivity contribution in [2.45, 2.75) is 25.4 Å². The Morgan fingerprint density at radius 1 is 1.15 bits per heavy atom. The lowest BCUT2D eigenvalue weighted by Gasteiger charge is -2.35. The first-order chi connectivity index (χ1) is 13.1. The summed E-state index contributed by atoms with van der Waals surface area (Å²) in [6.07, 6.45) is 4.10. The Morgan fingerprint density at radius 2 is 1.89 bits per heavy atom. The lowest BCUT2D eigenvalue weighted by Crippen LogP contribution is -2.54. The third-order valence-corrected chi connectivity index (χ3v) is 5.21. The van der Waals surface area contributed by atoms with Crippen molar-refractivity contribution < 1.29 is 9.18 Å². The molecule has 4 rings (SSSR count). The summed E-state index contributed by atoms with van der Waals surface area (Å²) in [4.78, 5) is 25.4. The van der Waals surface area contributed by atoms with E-state index < -0.39 is 0 Å². The molecule has 0 radical (unpaired) electrons. The fraction of sp³-hybridized carbons (Fsp3) is 0.421. The second-order valence-electron chi connectivity index (χ2n) is 7.00. The van der Waals surface area contributed by atoms with E-state index in [0.717, 1.165) is 18.7 Å². The molecule has 3 heterocycles. The van der Waals surface area contributed by atoms with Crippen molar-refractivity contribution in [3.63, 3.8) is 0 Å². The first-order valence-corrected chi connectivity index (χ1v) is 9.19. The van der Waals surface area contributed by atoms with Gasteiger partial charge in [0.05, 0.1) is 0 Å². The normalized spacial score (nSPS) is 22.9. The van der Waals surface area contributed by atoms with Crippen molar-refractivity contribution >= 4 is 11.9 Å². The van der Waals surface area contributed by atoms with Gasteiger partial charge < -0.3 is 9.80 Å². The van der Waals surface area contributed by atoms with Crippen LogP contribution in [0.15, 0.2) is 36.7 Å². The Morgan fingerprint density at radius 3 is 2.59 bits per heavy atom. The van der Waals surface area contributed by atoms with E-state index in [2.05, 4.69) is 25.7 Å². The molecular formula is C19H23FN6O. The standard InChI is InChI=1S/C19H23FN6O/c1-13-11-14(3-4-15(13)20)16-12-17(24-23-16)18(27)25-7-9-26(10-8-25)19-21-5-2-6-22-19/h2-6,11,16-17,23-24H,7-10,12H2,1H3. The third-order valence-electron chi connectivity index (χ3n) is 5.21. The fourth-order valence-electron chi connectivity index (χ4n) is 3.62. The first-order valence-electron chi connectivity index (χ1n) is 9.19. The number of anilines is 1. The number of aryl methyl sites for hydroxylation is 1. The monoisotopic (exact) mass is 370 g/mol. The topological polar surface area (TPSA) is 73.4 Å². The van der Waals surface area contributed by atoms with Gasteiger partial charge in [-0.05, 0) is 36.6 Å². The van der Waals surface area contributed by atoms with Crippen LogP contribution in [0.3, 0.4) is 0 Å². The molecule has 0 saturated carbocycles. The van der Waals surface area contributed by atoms with Crippen LogP contribution in [0.1, 0.15) is 23.6 Å². The predicted octanol–water partition coefficient (Wildman–Crippen LogP) is 1.18. The van der Waals surface area contributed by atoms with Gasteiger partial charge in [-0.2, -0.15) is 0 Å². The Hall–Kier alpha value is -2.58. The highest BCUT2D eigenvalue weighted by molar-refractivity contribution is 5.82. The van der Waals surface area contributed by atoms with Crippen molar-refractivity contribution in [2.75, 3.05) is 31.1 Å². The van der Waals surface area contributed by atoms with Crippen LogP contribution in [0.2, 0.25) is 0 Å². The van der Waals surface area contributed by atoms with Crippen molar-refractivity contribution in [2.24, 2.45) is 0 Å². The van der Waals surface area contributed by atoms with Gasteiger partial charge in [-0.1, -0.05) is 12.1 Å². The molecule has 7 nitrogen and oxygen atoms in total. The summed E-state index contributed by atoms with van der Waals surface area (Å²) in [6.45, 7) is 4.48. The lowest BCUT2D eigenvalue weighted by molar-refractivity contribution is -0.133. The van der Waals surface area contributed by atoms with Crippen LogP contribution in [0.5, 0.6) is 0 Å². The van der Waals surface area contributed by atoms with Crippen molar-refractivity contribution in [1.29, 1.82) is 0 Å². The van der Waals surface area contributed by atoms with Crippen LogP contribution < -0.4 is 15.8 Å². The summed E-state index contributed by atoms with van der Waals surface area (Å²) >= 11 is 0. The molecule has 2 atom stereocenters. The molecule has 27 heavy (non-hydrogen) atoms. The largest absolute Gasteiger partial charge is 0.338 e. The summed E-state index contributed by atoms with van der Waals surface area (Å²) in [5.41, 5.74) is 7.88. The van der Waals surface area contributed by atoms with Crippen molar-refractivity contribution in [1.82, 2.24) is 25.7 Å². The Bertz CT molecular complexity index is 809. The molecule has 142 valence electrons. The number of aromatic nitrogens is 2. The van der Waals surface area contributed by atoms with Gasteiger partial charge in [0.1, 0.15) is 11.9 Å². The van der Waals surface area contributed by atoms with Crippen LogP contribution >= 0.6 is 0 Å². The first kappa shape index (κ1) is 17.8. The summed E-state index contributed by atoms with van der Waals surface area (Å²) < 4.78 is 13.5. The van der Waals surface area contributed by atoms with Crippen LogP contribution in [-0.2, 0) is 4.79 Å². The smallest absolute Gasteiger partial charge is 0.241 e. The number of hydrazine groups is 1. The molecule has 2 aliphatic rings. The van der Waals surface area contributed by atoms with E-state index in [1.54, 1.807) is 31.5 Å². The number of halogens is 1. The number of hydrogen-bond donors (Lipinski definition) is 2. The number of amides is 1. The Kier molecular flexibility index (Phi) is 5.00. The van der Waals surface area contributed by atoms with Crippen LogP contribution in [-0.4, -0.2) is 53.0 Å².